The second-order valence-electron chi connectivity index (χ2n) is 3.79. The Bertz CT molecular complexity index is 506. The molecule has 1 aromatic carbocycles. The predicted octanol–water partition coefficient (Wildman–Crippen LogP) is 1.53. The number of nitrogens with two attached hydrogens (primary N) is 2. The van der Waals surface area contributed by atoms with Crippen LogP contribution in [0.4, 0.5) is 23.3 Å². The molecule has 0 aliphatic heterocycles. The van der Waals surface area contributed by atoms with Gasteiger partial charge in [0.2, 0.25) is 5.95 Å². The van der Waals surface area contributed by atoms with Gasteiger partial charge in [-0.05, 0) is 17.7 Å². The number of rotatable bonds is 4. The average Bonchev–Trinajstić information content (AvgIpc) is 2.31. The second-order valence-corrected chi connectivity index (χ2v) is 3.79. The Labute approximate surface area is 105 Å². The predicted molar refractivity (Wildman–Crippen MR) is 71.3 cm³/mol. The summed E-state index contributed by atoms with van der Waals surface area (Å²) in [5.74, 6) is 1.05. The van der Waals surface area contributed by atoms with E-state index in [1.807, 2.05) is 24.3 Å². The summed E-state index contributed by atoms with van der Waals surface area (Å²) < 4.78 is 5.04. The number of nitrogens with zero attached hydrogens (tertiary/aromatic N) is 2. The van der Waals surface area contributed by atoms with Crippen molar-refractivity contribution in [3.63, 3.8) is 0 Å². The highest BCUT2D eigenvalue weighted by Crippen LogP contribution is 2.17. The third-order valence-electron chi connectivity index (χ3n) is 2.30. The smallest absolute Gasteiger partial charge is 0.223 e. The Balaban J connectivity index is 2.13. The van der Waals surface area contributed by atoms with Crippen molar-refractivity contribution in [1.82, 2.24) is 9.97 Å². The number of anilines is 4. The van der Waals surface area contributed by atoms with Crippen molar-refractivity contribution < 1.29 is 4.74 Å². The number of nitrogens with one attached hydrogen (secondary N) is 1. The molecular weight excluding hydrogens is 230 g/mol. The summed E-state index contributed by atoms with van der Waals surface area (Å²) in [6.07, 6.45) is 0. The summed E-state index contributed by atoms with van der Waals surface area (Å²) in [6, 6.07) is 9.44. The van der Waals surface area contributed by atoms with Crippen LogP contribution in [0, 0.1) is 0 Å². The zero-order valence-electron chi connectivity index (χ0n) is 10.1. The lowest BCUT2D eigenvalue weighted by molar-refractivity contribution is 0.185. The van der Waals surface area contributed by atoms with Gasteiger partial charge in [-0.25, -0.2) is 0 Å². The van der Waals surface area contributed by atoms with Crippen molar-refractivity contribution in [3.8, 4) is 0 Å². The SMILES string of the molecule is COCc1ccc(Nc2cc(N)nc(N)n2)cc1. The van der Waals surface area contributed by atoms with Crippen LogP contribution in [0.5, 0.6) is 0 Å². The van der Waals surface area contributed by atoms with E-state index in [0.29, 0.717) is 18.2 Å². The molecule has 2 rings (SSSR count). The van der Waals surface area contributed by atoms with E-state index in [1.165, 1.54) is 0 Å². The molecule has 0 radical (unpaired) electrons. The van der Waals surface area contributed by atoms with Crippen LogP contribution in [0.25, 0.3) is 0 Å². The fourth-order valence-electron chi connectivity index (χ4n) is 1.55. The third kappa shape index (κ3) is 3.08. The van der Waals surface area contributed by atoms with E-state index in [1.54, 1.807) is 13.2 Å². The maximum absolute atomic E-state index is 5.59. The van der Waals surface area contributed by atoms with E-state index in [9.17, 15) is 0 Å². The molecule has 0 saturated carbocycles. The minimum atomic E-state index is 0.147. The van der Waals surface area contributed by atoms with E-state index in [-0.39, 0.29) is 5.95 Å². The maximum Gasteiger partial charge on any atom is 0.223 e. The minimum absolute atomic E-state index is 0.147. The van der Waals surface area contributed by atoms with Crippen LogP contribution in [-0.2, 0) is 11.3 Å². The number of methoxy groups -OCH3 is 1. The van der Waals surface area contributed by atoms with Crippen molar-refractivity contribution in [2.75, 3.05) is 23.9 Å². The highest BCUT2D eigenvalue weighted by molar-refractivity contribution is 5.60. The first-order valence-electron chi connectivity index (χ1n) is 5.42. The number of nitrogen functional groups attached to an aromatic ring is 2. The van der Waals surface area contributed by atoms with Gasteiger partial charge in [0.05, 0.1) is 6.61 Å². The van der Waals surface area contributed by atoms with Crippen LogP contribution in [0.1, 0.15) is 5.56 Å². The molecule has 0 bridgehead atoms. The van der Waals surface area contributed by atoms with Crippen molar-refractivity contribution in [2.45, 2.75) is 6.61 Å². The summed E-state index contributed by atoms with van der Waals surface area (Å²) in [5.41, 5.74) is 13.1. The highest BCUT2D eigenvalue weighted by atomic mass is 16.5. The molecule has 0 spiro atoms. The zero-order valence-corrected chi connectivity index (χ0v) is 10.1. The molecule has 1 aromatic heterocycles. The van der Waals surface area contributed by atoms with Crippen molar-refractivity contribution in [1.29, 1.82) is 0 Å². The Morgan fingerprint density at radius 1 is 1.17 bits per heavy atom. The monoisotopic (exact) mass is 245 g/mol. The van der Waals surface area contributed by atoms with E-state index in [0.717, 1.165) is 11.3 Å². The summed E-state index contributed by atoms with van der Waals surface area (Å²) in [4.78, 5) is 7.84. The summed E-state index contributed by atoms with van der Waals surface area (Å²) in [7, 11) is 1.67. The molecule has 6 heteroatoms. The van der Waals surface area contributed by atoms with Crippen LogP contribution < -0.4 is 16.8 Å². The molecule has 0 atom stereocenters. The van der Waals surface area contributed by atoms with Gasteiger partial charge in [0.25, 0.3) is 0 Å². The van der Waals surface area contributed by atoms with E-state index in [4.69, 9.17) is 16.2 Å². The number of hydrogen-bond donors (Lipinski definition) is 3. The van der Waals surface area contributed by atoms with Gasteiger partial charge in [-0.1, -0.05) is 12.1 Å². The summed E-state index contributed by atoms with van der Waals surface area (Å²) >= 11 is 0. The van der Waals surface area contributed by atoms with Crippen LogP contribution >= 0.6 is 0 Å². The molecule has 1 heterocycles. The molecule has 94 valence electrons. The Kier molecular flexibility index (Phi) is 3.59. The number of benzene rings is 1. The van der Waals surface area contributed by atoms with E-state index < -0.39 is 0 Å². The van der Waals surface area contributed by atoms with Crippen LogP contribution in [-0.4, -0.2) is 17.1 Å². The normalized spacial score (nSPS) is 10.3. The van der Waals surface area contributed by atoms with Gasteiger partial charge >= 0.3 is 0 Å². The zero-order chi connectivity index (χ0) is 13.0. The van der Waals surface area contributed by atoms with Gasteiger partial charge in [-0.3, -0.25) is 0 Å². The lowest BCUT2D eigenvalue weighted by atomic mass is 10.2. The molecule has 2 aromatic rings. The van der Waals surface area contributed by atoms with Crippen molar-refractivity contribution in [3.05, 3.63) is 35.9 Å². The quantitative estimate of drug-likeness (QED) is 0.755. The average molecular weight is 245 g/mol. The van der Waals surface area contributed by atoms with Gasteiger partial charge in [-0.2, -0.15) is 9.97 Å². The Hall–Kier alpha value is -2.34. The molecular formula is C12H15N5O. The maximum atomic E-state index is 5.59. The summed E-state index contributed by atoms with van der Waals surface area (Å²) in [5, 5.41) is 3.10. The largest absolute Gasteiger partial charge is 0.383 e. The highest BCUT2D eigenvalue weighted by Gasteiger charge is 2.00. The first-order valence-corrected chi connectivity index (χ1v) is 5.42. The van der Waals surface area contributed by atoms with E-state index >= 15 is 0 Å². The first kappa shape index (κ1) is 12.1. The van der Waals surface area contributed by atoms with Crippen LogP contribution in [0.3, 0.4) is 0 Å². The molecule has 0 fully saturated rings. The molecule has 0 aliphatic rings. The number of hydrogen-bond acceptors (Lipinski definition) is 6. The standard InChI is InChI=1S/C12H15N5O/c1-18-7-8-2-4-9(5-3-8)15-11-6-10(13)16-12(14)17-11/h2-6H,7H2,1H3,(H5,13,14,15,16,17). The minimum Gasteiger partial charge on any atom is -0.383 e. The molecule has 18 heavy (non-hydrogen) atoms. The fraction of sp³-hybridized carbons (Fsp3) is 0.167. The molecule has 5 N–H and O–H groups in total. The van der Waals surface area contributed by atoms with Crippen molar-refractivity contribution in [2.24, 2.45) is 0 Å². The second kappa shape index (κ2) is 5.33. The third-order valence-corrected chi connectivity index (χ3v) is 2.30. The number of aromatic nitrogens is 2. The number of ether oxygens (including phenoxy) is 1. The molecule has 0 saturated heterocycles. The van der Waals surface area contributed by atoms with Crippen LogP contribution in [0.2, 0.25) is 0 Å². The van der Waals surface area contributed by atoms with Gasteiger partial charge in [0.1, 0.15) is 11.6 Å². The van der Waals surface area contributed by atoms with E-state index in [2.05, 4.69) is 15.3 Å². The molecule has 6 nitrogen and oxygen atoms in total. The van der Waals surface area contributed by atoms with Gasteiger partial charge < -0.3 is 21.5 Å². The van der Waals surface area contributed by atoms with Gasteiger partial charge in [0.15, 0.2) is 0 Å². The molecule has 0 unspecified atom stereocenters. The molecule has 0 amide bonds. The van der Waals surface area contributed by atoms with Crippen molar-refractivity contribution >= 4 is 23.3 Å². The Morgan fingerprint density at radius 2 is 1.89 bits per heavy atom. The van der Waals surface area contributed by atoms with Gasteiger partial charge in [-0.15, -0.1) is 0 Å². The summed E-state index contributed by atoms with van der Waals surface area (Å²) in [6.45, 7) is 0.591. The Morgan fingerprint density at radius 3 is 2.50 bits per heavy atom. The lowest BCUT2D eigenvalue weighted by Gasteiger charge is -2.07. The topological polar surface area (TPSA) is 99.1 Å². The molecule has 0 aliphatic carbocycles. The fourth-order valence-corrected chi connectivity index (χ4v) is 1.55. The lowest BCUT2D eigenvalue weighted by Crippen LogP contribution is -2.02. The first-order chi connectivity index (χ1) is 8.67. The van der Waals surface area contributed by atoms with Gasteiger partial charge in [0, 0.05) is 18.9 Å². The van der Waals surface area contributed by atoms with Crippen LogP contribution in [0.15, 0.2) is 30.3 Å².